The van der Waals surface area contributed by atoms with E-state index in [1.165, 1.54) is 0 Å². The quantitative estimate of drug-likeness (QED) is 0.243. The van der Waals surface area contributed by atoms with Gasteiger partial charge in [0, 0.05) is 0 Å². The van der Waals surface area contributed by atoms with E-state index in [2.05, 4.69) is 0 Å². The van der Waals surface area contributed by atoms with Crippen molar-refractivity contribution in [1.29, 1.82) is 0 Å². The van der Waals surface area contributed by atoms with Crippen molar-refractivity contribution in [3.05, 3.63) is 0 Å². The Kier molecular flexibility index (Phi) is 8.43. The van der Waals surface area contributed by atoms with Gasteiger partial charge in [-0.3, -0.25) is 0 Å². The van der Waals surface area contributed by atoms with Crippen LogP contribution in [0.2, 0.25) is 0 Å². The van der Waals surface area contributed by atoms with Gasteiger partial charge in [0.1, 0.15) is 0 Å². The number of hydrogen-bond acceptors (Lipinski definition) is 6. The third-order valence-electron chi connectivity index (χ3n) is 2.23. The van der Waals surface area contributed by atoms with Crippen molar-refractivity contribution in [2.45, 2.75) is 0 Å². The van der Waals surface area contributed by atoms with Gasteiger partial charge < -0.3 is 0 Å². The first-order valence-electron chi connectivity index (χ1n) is 4.45. The van der Waals surface area contributed by atoms with Crippen LogP contribution in [0, 0.1) is 0 Å². The summed E-state index contributed by atoms with van der Waals surface area (Å²) in [6.07, 6.45) is -2.62. The average molecular weight is 344 g/mol. The molecule has 0 aliphatic rings. The predicted molar refractivity (Wildman–Crippen MR) is 65.0 cm³/mol. The predicted octanol–water partition coefficient (Wildman–Crippen LogP) is -1.21. The Morgan fingerprint density at radius 2 is 0.812 bits per heavy atom. The van der Waals surface area contributed by atoms with Crippen molar-refractivity contribution in [1.82, 2.24) is 0 Å². The zero-order valence-corrected chi connectivity index (χ0v) is 12.4. The molecule has 0 rings (SSSR count). The summed E-state index contributed by atoms with van der Waals surface area (Å²) in [6.45, 7) is 0. The molecule has 0 aromatic heterocycles. The van der Waals surface area contributed by atoms with Gasteiger partial charge in [0.05, 0.1) is 0 Å². The Morgan fingerprint density at radius 3 is 0.938 bits per heavy atom. The van der Waals surface area contributed by atoms with Crippen molar-refractivity contribution in [2.75, 3.05) is 38.1 Å². The molecule has 6 nitrogen and oxygen atoms in total. The van der Waals surface area contributed by atoms with Gasteiger partial charge in [-0.05, 0) is 0 Å². The molecular weight excluding hydrogens is 324 g/mol. The molecule has 0 spiro atoms. The fourth-order valence-electron chi connectivity index (χ4n) is 0.919. The average Bonchev–Trinajstić information content (AvgIpc) is 2.35. The van der Waals surface area contributed by atoms with E-state index in [0.29, 0.717) is 0 Å². The Balaban J connectivity index is 5.16. The molecule has 0 aromatic rings. The normalized spacial score (nSPS) is 16.1. The molecule has 6 N–H and O–H groups in total. The van der Waals surface area contributed by atoms with Crippen LogP contribution in [0.25, 0.3) is 0 Å². The molecule has 0 fully saturated rings. The second-order valence-electron chi connectivity index (χ2n) is 3.32. The van der Waals surface area contributed by atoms with Gasteiger partial charge in [-0.1, -0.05) is 0 Å². The van der Waals surface area contributed by atoms with E-state index in [1.807, 2.05) is 0 Å². The number of aliphatic hydroxyl groups excluding tert-OH is 6. The summed E-state index contributed by atoms with van der Waals surface area (Å²) in [6, 6.07) is -5.93. The fraction of sp³-hybridized carbons (Fsp3) is 1.00. The van der Waals surface area contributed by atoms with Crippen LogP contribution in [0.1, 0.15) is 0 Å². The maximum absolute atomic E-state index is 9.24. The molecule has 0 bridgehead atoms. The topological polar surface area (TPSA) is 121 Å². The van der Waals surface area contributed by atoms with E-state index in [1.54, 1.807) is 0 Å². The van der Waals surface area contributed by atoms with Crippen molar-refractivity contribution in [3.8, 4) is 0 Å². The first-order chi connectivity index (χ1) is 7.52. The summed E-state index contributed by atoms with van der Waals surface area (Å²) in [5.41, 5.74) is 0. The molecule has 0 aliphatic heterocycles. The van der Waals surface area contributed by atoms with Crippen molar-refractivity contribution in [3.63, 3.8) is 0 Å². The van der Waals surface area contributed by atoms with Crippen LogP contribution in [-0.4, -0.2) is 68.7 Å². The molecule has 0 amide bonds. The summed E-state index contributed by atoms with van der Waals surface area (Å²) < 4.78 is 0. The second kappa shape index (κ2) is 7.75. The van der Waals surface area contributed by atoms with Gasteiger partial charge in [0.25, 0.3) is 0 Å². The Morgan fingerprint density at radius 1 is 0.625 bits per heavy atom. The van der Waals surface area contributed by atoms with Gasteiger partial charge in [0.2, 0.25) is 0 Å². The minimum atomic E-state index is -2.96. The molecule has 0 aliphatic carbocycles. The van der Waals surface area contributed by atoms with Crippen molar-refractivity contribution in [2.24, 2.45) is 0 Å². The fourth-order valence-corrected chi connectivity index (χ4v) is 23.9. The molecule has 0 atom stereocenters. The van der Waals surface area contributed by atoms with E-state index < -0.39 is 61.8 Å². The molecule has 10 heteroatoms. The van der Waals surface area contributed by atoms with Gasteiger partial charge in [-0.2, -0.15) is 0 Å². The van der Waals surface area contributed by atoms with Gasteiger partial charge in [0.15, 0.2) is 0 Å². The minimum absolute atomic E-state index is 0.437. The Hall–Kier alpha value is 1.40. The van der Waals surface area contributed by atoms with Crippen molar-refractivity contribution >= 4 is 22.3 Å². The van der Waals surface area contributed by atoms with Crippen LogP contribution in [0.4, 0.5) is 0 Å². The first kappa shape index (κ1) is 17.4. The van der Waals surface area contributed by atoms with E-state index in [0.717, 1.165) is 0 Å². The molecule has 16 heavy (non-hydrogen) atoms. The summed E-state index contributed by atoms with van der Waals surface area (Å²) in [5, 5.41) is 55.5. The summed E-state index contributed by atoms with van der Waals surface area (Å²) in [4.78, 5) is 0. The number of aliphatic hydroxyl groups is 6. The third kappa shape index (κ3) is 3.24. The summed E-state index contributed by atoms with van der Waals surface area (Å²) in [7, 11) is 6.13. The SMILES string of the molecule is OC[PH](CO)(CO)[Ni]([Cl])[PH](CO)(CO)CO. The Bertz CT molecular complexity index is 167. The molecule has 107 valence electrons. The molecular formula is C6H20ClNiO6P2. The van der Waals surface area contributed by atoms with Crippen LogP contribution in [0.5, 0.6) is 0 Å². The summed E-state index contributed by atoms with van der Waals surface area (Å²) >= 11 is -1.37. The van der Waals surface area contributed by atoms with Gasteiger partial charge in [-0.25, -0.2) is 0 Å². The van der Waals surface area contributed by atoms with E-state index in [9.17, 15) is 30.6 Å². The zero-order chi connectivity index (χ0) is 12.8. The van der Waals surface area contributed by atoms with E-state index in [-0.39, 0.29) is 0 Å². The number of rotatable bonds is 8. The van der Waals surface area contributed by atoms with Crippen molar-refractivity contribution < 1.29 is 42.3 Å². The Labute approximate surface area is 103 Å². The first-order valence-corrected chi connectivity index (χ1v) is 13.7. The van der Waals surface area contributed by atoms with E-state index >= 15 is 0 Å². The van der Waals surface area contributed by atoms with E-state index in [4.69, 9.17) is 10.2 Å². The zero-order valence-electron chi connectivity index (χ0n) is 8.62. The second-order valence-corrected chi connectivity index (χ2v) is 23.0. The molecule has 0 aromatic carbocycles. The number of hydrogen-bond donors (Lipinski definition) is 6. The number of halogens is 1. The molecule has 0 radical (unpaired) electrons. The summed E-state index contributed by atoms with van der Waals surface area (Å²) in [5.74, 6) is 0. The van der Waals surface area contributed by atoms with Crippen LogP contribution in [0.15, 0.2) is 0 Å². The van der Waals surface area contributed by atoms with Crippen LogP contribution in [-0.2, 0) is 11.7 Å². The molecule has 0 saturated carbocycles. The molecule has 0 unspecified atom stereocenters. The molecule has 0 saturated heterocycles. The van der Waals surface area contributed by atoms with Crippen LogP contribution >= 0.6 is 22.3 Å². The van der Waals surface area contributed by atoms with Crippen LogP contribution < -0.4 is 0 Å². The molecule has 0 heterocycles. The monoisotopic (exact) mass is 343 g/mol. The third-order valence-corrected chi connectivity index (χ3v) is 29.6. The van der Waals surface area contributed by atoms with Crippen LogP contribution in [0.3, 0.4) is 0 Å². The maximum atomic E-state index is 9.24. The standard InChI is InChI=1S/2C3H9O3P.ClH.Ni/c2*4-1-7(2-5)3-6;;/h2*4-6H,1-3H2;1H;/q;;;-1/p+1. The van der Waals surface area contributed by atoms with Gasteiger partial charge in [-0.15, -0.1) is 0 Å². The van der Waals surface area contributed by atoms with Gasteiger partial charge >= 0.3 is 103 Å².